The second-order valence-electron chi connectivity index (χ2n) is 8.44. The Hall–Kier alpha value is -3.94. The van der Waals surface area contributed by atoms with Crippen molar-refractivity contribution in [2.24, 2.45) is 5.92 Å². The summed E-state index contributed by atoms with van der Waals surface area (Å²) in [6.45, 7) is 2.69. The predicted octanol–water partition coefficient (Wildman–Crippen LogP) is 5.00. The number of aromatic nitrogens is 2. The number of carbonyl (C=O) groups is 2. The maximum atomic E-state index is 13.6. The van der Waals surface area contributed by atoms with Crippen LogP contribution in [0.15, 0.2) is 67.1 Å². The fourth-order valence-electron chi connectivity index (χ4n) is 4.45. The number of piperidine rings is 1. The molecule has 1 aromatic heterocycles. The van der Waals surface area contributed by atoms with Crippen LogP contribution >= 0.6 is 0 Å². The second kappa shape index (κ2) is 11.5. The van der Waals surface area contributed by atoms with Gasteiger partial charge in [0.05, 0.1) is 25.3 Å². The molecule has 2 atom stereocenters. The van der Waals surface area contributed by atoms with Crippen LogP contribution in [-0.2, 0) is 9.59 Å². The molecular formula is C27H30N4O4. The van der Waals surface area contributed by atoms with E-state index in [9.17, 15) is 9.59 Å². The van der Waals surface area contributed by atoms with Gasteiger partial charge in [-0.15, -0.1) is 0 Å². The number of methoxy groups -OCH3 is 1. The van der Waals surface area contributed by atoms with E-state index in [2.05, 4.69) is 22.2 Å². The first-order chi connectivity index (χ1) is 17.1. The number of nitrogens with zero attached hydrogens (tertiary/aromatic N) is 3. The van der Waals surface area contributed by atoms with Gasteiger partial charge in [-0.25, -0.2) is 4.98 Å². The summed E-state index contributed by atoms with van der Waals surface area (Å²) in [6.07, 6.45) is 7.27. The highest BCUT2D eigenvalue weighted by Gasteiger charge is 2.41. The van der Waals surface area contributed by atoms with E-state index in [0.717, 1.165) is 18.4 Å². The highest BCUT2D eigenvalue weighted by atomic mass is 16.5. The number of hydrogen-bond donors (Lipinski definition) is 1. The van der Waals surface area contributed by atoms with Crippen molar-refractivity contribution >= 4 is 17.5 Å². The van der Waals surface area contributed by atoms with Crippen molar-refractivity contribution in [3.8, 4) is 17.4 Å². The monoisotopic (exact) mass is 474 g/mol. The molecule has 0 saturated carbocycles. The summed E-state index contributed by atoms with van der Waals surface area (Å²) in [5, 5.41) is 3.03. The van der Waals surface area contributed by atoms with Crippen molar-refractivity contribution in [3.05, 3.63) is 72.7 Å². The molecule has 2 heterocycles. The molecule has 0 radical (unpaired) electrons. The SMILES string of the molecule is CCCCN1C(=O)CCC(C(=O)Nc2cccc(Oc3cnccn3)c2)C1c1ccccc1OC. The first-order valence-electron chi connectivity index (χ1n) is 11.9. The topological polar surface area (TPSA) is 93.7 Å². The molecule has 2 aromatic carbocycles. The highest BCUT2D eigenvalue weighted by molar-refractivity contribution is 5.95. The number of benzene rings is 2. The molecule has 0 spiro atoms. The lowest BCUT2D eigenvalue weighted by Gasteiger charge is -2.41. The van der Waals surface area contributed by atoms with Crippen molar-refractivity contribution < 1.29 is 19.1 Å². The quantitative estimate of drug-likeness (QED) is 0.469. The molecular weight excluding hydrogens is 444 g/mol. The van der Waals surface area contributed by atoms with E-state index >= 15 is 0 Å². The smallest absolute Gasteiger partial charge is 0.237 e. The Morgan fingerprint density at radius 3 is 2.80 bits per heavy atom. The Labute approximate surface area is 205 Å². The van der Waals surface area contributed by atoms with Gasteiger partial charge in [-0.05, 0) is 31.0 Å². The first-order valence-corrected chi connectivity index (χ1v) is 11.9. The molecule has 2 amide bonds. The first kappa shape index (κ1) is 24.2. The highest BCUT2D eigenvalue weighted by Crippen LogP contribution is 2.41. The number of ether oxygens (including phenoxy) is 2. The largest absolute Gasteiger partial charge is 0.496 e. The van der Waals surface area contributed by atoms with Gasteiger partial charge in [0.1, 0.15) is 11.5 Å². The average Bonchev–Trinajstić information content (AvgIpc) is 2.88. The van der Waals surface area contributed by atoms with Crippen molar-refractivity contribution in [2.45, 2.75) is 38.6 Å². The Bertz CT molecular complexity index is 1150. The van der Waals surface area contributed by atoms with Crippen LogP contribution in [0, 0.1) is 5.92 Å². The molecule has 182 valence electrons. The minimum Gasteiger partial charge on any atom is -0.496 e. The molecule has 1 saturated heterocycles. The van der Waals surface area contributed by atoms with Gasteiger partial charge in [-0.3, -0.25) is 14.6 Å². The third-order valence-electron chi connectivity index (χ3n) is 6.12. The lowest BCUT2D eigenvalue weighted by Crippen LogP contribution is -2.47. The average molecular weight is 475 g/mol. The lowest BCUT2D eigenvalue weighted by molar-refractivity contribution is -0.142. The summed E-state index contributed by atoms with van der Waals surface area (Å²) in [6, 6.07) is 14.3. The van der Waals surface area contributed by atoms with Crippen LogP contribution in [0.1, 0.15) is 44.2 Å². The van der Waals surface area contributed by atoms with Crippen LogP contribution in [0.3, 0.4) is 0 Å². The van der Waals surface area contributed by atoms with Crippen LogP contribution in [0.2, 0.25) is 0 Å². The van der Waals surface area contributed by atoms with E-state index in [1.807, 2.05) is 35.2 Å². The zero-order chi connectivity index (χ0) is 24.6. The molecule has 1 fully saturated rings. The zero-order valence-corrected chi connectivity index (χ0v) is 20.0. The Morgan fingerprint density at radius 1 is 1.17 bits per heavy atom. The van der Waals surface area contributed by atoms with Crippen LogP contribution in [0.4, 0.5) is 5.69 Å². The van der Waals surface area contributed by atoms with E-state index in [4.69, 9.17) is 9.47 Å². The standard InChI is InChI=1S/C27H30N4O4/c1-3-4-16-31-25(32)13-12-22(26(31)21-10-5-6-11-23(21)34-2)27(33)30-19-8-7-9-20(17-19)35-24-18-28-14-15-29-24/h5-11,14-15,17-18,22,26H,3-4,12-13,16H2,1-2H3,(H,30,33). The molecule has 0 bridgehead atoms. The van der Waals surface area contributed by atoms with Crippen LogP contribution in [-0.4, -0.2) is 40.3 Å². The van der Waals surface area contributed by atoms with Crippen molar-refractivity contribution in [3.63, 3.8) is 0 Å². The summed E-state index contributed by atoms with van der Waals surface area (Å²) in [5.41, 5.74) is 1.45. The van der Waals surface area contributed by atoms with Gasteiger partial charge in [-0.1, -0.05) is 37.6 Å². The summed E-state index contributed by atoms with van der Waals surface area (Å²) in [7, 11) is 1.61. The number of likely N-dealkylation sites (tertiary alicyclic amines) is 1. The normalized spacial score (nSPS) is 17.7. The number of para-hydroxylation sites is 1. The van der Waals surface area contributed by atoms with Crippen LogP contribution in [0.5, 0.6) is 17.4 Å². The summed E-state index contributed by atoms with van der Waals surface area (Å²) < 4.78 is 11.4. The molecule has 1 aliphatic rings. The van der Waals surface area contributed by atoms with E-state index in [1.165, 1.54) is 6.20 Å². The van der Waals surface area contributed by atoms with E-state index < -0.39 is 12.0 Å². The maximum absolute atomic E-state index is 13.6. The predicted molar refractivity (Wildman–Crippen MR) is 132 cm³/mol. The molecule has 4 rings (SSSR count). The zero-order valence-electron chi connectivity index (χ0n) is 20.0. The van der Waals surface area contributed by atoms with Gasteiger partial charge in [0.15, 0.2) is 0 Å². The summed E-state index contributed by atoms with van der Waals surface area (Å²) in [4.78, 5) is 36.5. The second-order valence-corrected chi connectivity index (χ2v) is 8.44. The Morgan fingerprint density at radius 2 is 2.03 bits per heavy atom. The van der Waals surface area contributed by atoms with Gasteiger partial charge in [-0.2, -0.15) is 0 Å². The number of amides is 2. The Kier molecular flexibility index (Phi) is 7.92. The third-order valence-corrected chi connectivity index (χ3v) is 6.12. The van der Waals surface area contributed by atoms with Gasteiger partial charge >= 0.3 is 0 Å². The lowest BCUT2D eigenvalue weighted by atomic mass is 9.83. The number of nitrogens with one attached hydrogen (secondary N) is 1. The third kappa shape index (κ3) is 5.77. The number of hydrogen-bond acceptors (Lipinski definition) is 6. The van der Waals surface area contributed by atoms with Gasteiger partial charge in [0.25, 0.3) is 0 Å². The van der Waals surface area contributed by atoms with E-state index in [1.54, 1.807) is 37.7 Å². The van der Waals surface area contributed by atoms with Gasteiger partial charge in [0, 0.05) is 42.7 Å². The summed E-state index contributed by atoms with van der Waals surface area (Å²) in [5.74, 6) is 1.07. The van der Waals surface area contributed by atoms with Gasteiger partial charge < -0.3 is 19.7 Å². The fraction of sp³-hybridized carbons (Fsp3) is 0.333. The van der Waals surface area contributed by atoms with Crippen LogP contribution < -0.4 is 14.8 Å². The number of carbonyl (C=O) groups excluding carboxylic acids is 2. The molecule has 0 aliphatic carbocycles. The number of unbranched alkanes of at least 4 members (excludes halogenated alkanes) is 1. The van der Waals surface area contributed by atoms with Crippen molar-refractivity contribution in [2.75, 3.05) is 19.0 Å². The number of rotatable bonds is 9. The van der Waals surface area contributed by atoms with E-state index in [0.29, 0.717) is 42.5 Å². The molecule has 2 unspecified atom stereocenters. The minimum atomic E-state index is -0.426. The Balaban J connectivity index is 1.59. The van der Waals surface area contributed by atoms with E-state index in [-0.39, 0.29) is 11.8 Å². The number of anilines is 1. The molecule has 8 nitrogen and oxygen atoms in total. The molecule has 35 heavy (non-hydrogen) atoms. The molecule has 3 aromatic rings. The molecule has 1 N–H and O–H groups in total. The minimum absolute atomic E-state index is 0.0674. The fourth-order valence-corrected chi connectivity index (χ4v) is 4.45. The van der Waals surface area contributed by atoms with Crippen molar-refractivity contribution in [1.29, 1.82) is 0 Å². The van der Waals surface area contributed by atoms with Crippen LogP contribution in [0.25, 0.3) is 0 Å². The maximum Gasteiger partial charge on any atom is 0.237 e. The van der Waals surface area contributed by atoms with Crippen molar-refractivity contribution in [1.82, 2.24) is 14.9 Å². The molecule has 1 aliphatic heterocycles. The molecule has 8 heteroatoms. The van der Waals surface area contributed by atoms with Gasteiger partial charge in [0.2, 0.25) is 17.7 Å². The summed E-state index contributed by atoms with van der Waals surface area (Å²) >= 11 is 0.